The summed E-state index contributed by atoms with van der Waals surface area (Å²) in [5.41, 5.74) is 2.42. The number of nitrogens with zero attached hydrogens (tertiary/aromatic N) is 1. The average Bonchev–Trinajstić information content (AvgIpc) is 2.16. The molecule has 1 aromatic heterocycles. The van der Waals surface area contributed by atoms with Gasteiger partial charge in [0.15, 0.2) is 0 Å². The summed E-state index contributed by atoms with van der Waals surface area (Å²) in [6.07, 6.45) is 6.38. The van der Waals surface area contributed by atoms with E-state index in [2.05, 4.69) is 24.6 Å². The summed E-state index contributed by atoms with van der Waals surface area (Å²) in [6, 6.07) is 6.02. The molecule has 1 heteroatoms. The molecule has 0 bridgehead atoms. The van der Waals surface area contributed by atoms with Crippen molar-refractivity contribution in [1.82, 2.24) is 4.98 Å². The molecule has 0 N–H and O–H groups in total. The predicted octanol–water partition coefficient (Wildman–Crippen LogP) is 3.37. The molecule has 1 nitrogen and oxygen atoms in total. The fourth-order valence-electron chi connectivity index (χ4n) is 1.27. The zero-order valence-electron chi connectivity index (χ0n) is 8.29. The molecule has 0 fully saturated rings. The van der Waals surface area contributed by atoms with Crippen molar-refractivity contribution in [2.45, 2.75) is 32.6 Å². The molecule has 0 aliphatic heterocycles. The van der Waals surface area contributed by atoms with Gasteiger partial charge in [0.2, 0.25) is 0 Å². The zero-order chi connectivity index (χ0) is 9.52. The second-order valence-corrected chi connectivity index (χ2v) is 3.35. The lowest BCUT2D eigenvalue weighted by molar-refractivity contribution is 0.770. The number of pyridine rings is 1. The third kappa shape index (κ3) is 3.88. The van der Waals surface area contributed by atoms with Crippen LogP contribution in [0.3, 0.4) is 0 Å². The van der Waals surface area contributed by atoms with Crippen molar-refractivity contribution < 1.29 is 0 Å². The lowest BCUT2D eigenvalue weighted by Crippen LogP contribution is -1.92. The fraction of sp³-hybridized carbons (Fsp3) is 0.417. The minimum absolute atomic E-state index is 0.931. The van der Waals surface area contributed by atoms with Crippen molar-refractivity contribution in [1.29, 1.82) is 0 Å². The summed E-state index contributed by atoms with van der Waals surface area (Å²) in [4.78, 5) is 4.27. The first-order valence-electron chi connectivity index (χ1n) is 4.89. The number of allylic oxidation sites excluding steroid dienone is 1. The van der Waals surface area contributed by atoms with Gasteiger partial charge in [0, 0.05) is 18.3 Å². The van der Waals surface area contributed by atoms with E-state index in [1.165, 1.54) is 18.4 Å². The number of hydrogen-bond acceptors (Lipinski definition) is 1. The van der Waals surface area contributed by atoms with E-state index in [0.717, 1.165) is 18.5 Å². The van der Waals surface area contributed by atoms with Gasteiger partial charge in [0.05, 0.1) is 0 Å². The zero-order valence-corrected chi connectivity index (χ0v) is 8.29. The average molecular weight is 175 g/mol. The van der Waals surface area contributed by atoms with E-state index in [9.17, 15) is 0 Å². The second kappa shape index (κ2) is 5.52. The maximum Gasteiger partial charge on any atom is 0.0443 e. The highest BCUT2D eigenvalue weighted by Crippen LogP contribution is 2.10. The first-order chi connectivity index (χ1) is 6.33. The molecule has 0 unspecified atom stereocenters. The lowest BCUT2D eigenvalue weighted by Gasteiger charge is -2.03. The van der Waals surface area contributed by atoms with Crippen molar-refractivity contribution >= 4 is 0 Å². The van der Waals surface area contributed by atoms with Crippen molar-refractivity contribution in [2.75, 3.05) is 0 Å². The standard InChI is InChI=1S/C12H17N/c1-3-4-7-11(2)10-12-8-5-6-9-13-12/h5-6,8-9H,2-4,7,10H2,1H3. The fourth-order valence-corrected chi connectivity index (χ4v) is 1.27. The molecule has 13 heavy (non-hydrogen) atoms. The van der Waals surface area contributed by atoms with E-state index in [0.29, 0.717) is 0 Å². The maximum absolute atomic E-state index is 4.27. The molecule has 0 aromatic carbocycles. The molecule has 1 aromatic rings. The van der Waals surface area contributed by atoms with Gasteiger partial charge < -0.3 is 0 Å². The molecular formula is C12H17N. The van der Waals surface area contributed by atoms with Crippen LogP contribution in [0.1, 0.15) is 31.9 Å². The maximum atomic E-state index is 4.27. The Labute approximate surface area is 80.5 Å². The molecule has 0 saturated heterocycles. The van der Waals surface area contributed by atoms with E-state index in [4.69, 9.17) is 0 Å². The van der Waals surface area contributed by atoms with Gasteiger partial charge in [-0.2, -0.15) is 0 Å². The smallest absolute Gasteiger partial charge is 0.0443 e. The van der Waals surface area contributed by atoms with Gasteiger partial charge in [0.25, 0.3) is 0 Å². The van der Waals surface area contributed by atoms with Gasteiger partial charge in [-0.05, 0) is 25.0 Å². The normalized spacial score (nSPS) is 9.92. The molecule has 70 valence electrons. The Hall–Kier alpha value is -1.11. The quantitative estimate of drug-likeness (QED) is 0.625. The Balaban J connectivity index is 2.37. The van der Waals surface area contributed by atoms with Crippen molar-refractivity contribution in [3.8, 4) is 0 Å². The van der Waals surface area contributed by atoms with Crippen LogP contribution in [0.5, 0.6) is 0 Å². The molecule has 1 rings (SSSR count). The van der Waals surface area contributed by atoms with E-state index < -0.39 is 0 Å². The minimum atomic E-state index is 0.931. The van der Waals surface area contributed by atoms with Crippen LogP contribution in [0.2, 0.25) is 0 Å². The third-order valence-electron chi connectivity index (χ3n) is 2.04. The molecular weight excluding hydrogens is 158 g/mol. The van der Waals surface area contributed by atoms with E-state index in [-0.39, 0.29) is 0 Å². The Morgan fingerprint density at radius 3 is 2.92 bits per heavy atom. The SMILES string of the molecule is C=C(CCCC)Cc1ccccn1. The highest BCUT2D eigenvalue weighted by Gasteiger charge is 1.96. The van der Waals surface area contributed by atoms with Gasteiger partial charge in [-0.25, -0.2) is 0 Å². The Morgan fingerprint density at radius 2 is 2.31 bits per heavy atom. The lowest BCUT2D eigenvalue weighted by atomic mass is 10.1. The van der Waals surface area contributed by atoms with Gasteiger partial charge >= 0.3 is 0 Å². The molecule has 0 amide bonds. The largest absolute Gasteiger partial charge is 0.261 e. The monoisotopic (exact) mass is 175 g/mol. The van der Waals surface area contributed by atoms with Crippen molar-refractivity contribution in [3.05, 3.63) is 42.2 Å². The van der Waals surface area contributed by atoms with Crippen LogP contribution in [0.15, 0.2) is 36.5 Å². The highest BCUT2D eigenvalue weighted by atomic mass is 14.7. The van der Waals surface area contributed by atoms with E-state index in [1.54, 1.807) is 0 Å². The van der Waals surface area contributed by atoms with Gasteiger partial charge in [-0.1, -0.05) is 31.6 Å². The van der Waals surface area contributed by atoms with Crippen LogP contribution in [0, 0.1) is 0 Å². The number of rotatable bonds is 5. The van der Waals surface area contributed by atoms with Crippen LogP contribution in [-0.4, -0.2) is 4.98 Å². The van der Waals surface area contributed by atoms with Crippen LogP contribution in [-0.2, 0) is 6.42 Å². The summed E-state index contributed by atoms with van der Waals surface area (Å²) in [5.74, 6) is 0. The van der Waals surface area contributed by atoms with E-state index in [1.807, 2.05) is 18.3 Å². The first-order valence-corrected chi connectivity index (χ1v) is 4.89. The van der Waals surface area contributed by atoms with Crippen molar-refractivity contribution in [2.24, 2.45) is 0 Å². The minimum Gasteiger partial charge on any atom is -0.261 e. The topological polar surface area (TPSA) is 12.9 Å². The molecule has 0 aliphatic carbocycles. The van der Waals surface area contributed by atoms with E-state index >= 15 is 0 Å². The number of unbranched alkanes of at least 4 members (excludes halogenated alkanes) is 1. The summed E-state index contributed by atoms with van der Waals surface area (Å²) >= 11 is 0. The van der Waals surface area contributed by atoms with Gasteiger partial charge in [0.1, 0.15) is 0 Å². The third-order valence-corrected chi connectivity index (χ3v) is 2.04. The highest BCUT2D eigenvalue weighted by molar-refractivity contribution is 5.12. The second-order valence-electron chi connectivity index (χ2n) is 3.35. The molecule has 0 radical (unpaired) electrons. The van der Waals surface area contributed by atoms with Gasteiger partial charge in [-0.15, -0.1) is 0 Å². The molecule has 0 atom stereocenters. The molecule has 0 saturated carbocycles. The summed E-state index contributed by atoms with van der Waals surface area (Å²) in [5, 5.41) is 0. The summed E-state index contributed by atoms with van der Waals surface area (Å²) in [6.45, 7) is 6.25. The molecule has 0 aliphatic rings. The van der Waals surface area contributed by atoms with Crippen LogP contribution in [0.4, 0.5) is 0 Å². The summed E-state index contributed by atoms with van der Waals surface area (Å²) in [7, 11) is 0. The first kappa shape index (κ1) is 9.97. The number of aromatic nitrogens is 1. The Kier molecular flexibility index (Phi) is 4.24. The predicted molar refractivity (Wildman–Crippen MR) is 56.6 cm³/mol. The van der Waals surface area contributed by atoms with Crippen LogP contribution < -0.4 is 0 Å². The summed E-state index contributed by atoms with van der Waals surface area (Å²) < 4.78 is 0. The van der Waals surface area contributed by atoms with Crippen LogP contribution in [0.25, 0.3) is 0 Å². The molecule has 1 heterocycles. The number of hydrogen-bond donors (Lipinski definition) is 0. The van der Waals surface area contributed by atoms with Crippen LogP contribution >= 0.6 is 0 Å². The van der Waals surface area contributed by atoms with Gasteiger partial charge in [-0.3, -0.25) is 4.98 Å². The molecule has 0 spiro atoms. The Morgan fingerprint density at radius 1 is 1.46 bits per heavy atom. The Bertz CT molecular complexity index is 251. The van der Waals surface area contributed by atoms with Crippen molar-refractivity contribution in [3.63, 3.8) is 0 Å².